The van der Waals surface area contributed by atoms with Crippen molar-refractivity contribution in [3.63, 3.8) is 0 Å². The molecule has 19 heavy (non-hydrogen) atoms. The van der Waals surface area contributed by atoms with Crippen LogP contribution in [0.25, 0.3) is 0 Å². The van der Waals surface area contributed by atoms with E-state index in [9.17, 15) is 5.11 Å². The van der Waals surface area contributed by atoms with Gasteiger partial charge in [-0.3, -0.25) is 0 Å². The zero-order chi connectivity index (χ0) is 13.7. The average molecular weight is 369 g/mol. The Bertz CT molecular complexity index is 528. The number of benzene rings is 2. The van der Waals surface area contributed by atoms with Gasteiger partial charge in [-0.15, -0.1) is 0 Å². The number of hydrogen-bond donors (Lipinski definition) is 2. The summed E-state index contributed by atoms with van der Waals surface area (Å²) in [5, 5.41) is 13.3. The van der Waals surface area contributed by atoms with Crippen LogP contribution in [0.5, 0.6) is 5.75 Å². The Balaban J connectivity index is 1.95. The highest BCUT2D eigenvalue weighted by Crippen LogP contribution is 2.19. The number of nitrogens with one attached hydrogen (secondary N) is 1. The molecule has 1 unspecified atom stereocenters. The van der Waals surface area contributed by atoms with Gasteiger partial charge in [-0.2, -0.15) is 0 Å². The monoisotopic (exact) mass is 369 g/mol. The van der Waals surface area contributed by atoms with E-state index in [1.54, 1.807) is 7.11 Å². The molecule has 0 aliphatic carbocycles. The minimum atomic E-state index is -0.538. The van der Waals surface area contributed by atoms with Crippen LogP contribution >= 0.6 is 22.6 Å². The maximum Gasteiger partial charge on any atom is 0.118 e. The summed E-state index contributed by atoms with van der Waals surface area (Å²) >= 11 is 2.27. The highest BCUT2D eigenvalue weighted by atomic mass is 127. The Morgan fingerprint density at radius 1 is 1.21 bits per heavy atom. The van der Waals surface area contributed by atoms with Crippen LogP contribution in [0.2, 0.25) is 0 Å². The smallest absolute Gasteiger partial charge is 0.118 e. The Morgan fingerprint density at radius 3 is 2.58 bits per heavy atom. The molecule has 2 aromatic rings. The van der Waals surface area contributed by atoms with Gasteiger partial charge in [-0.1, -0.05) is 18.2 Å². The van der Waals surface area contributed by atoms with Crippen molar-refractivity contribution in [3.8, 4) is 5.75 Å². The Kier molecular flexibility index (Phi) is 5.04. The fourth-order valence-corrected chi connectivity index (χ4v) is 2.30. The first-order valence-corrected chi connectivity index (χ1v) is 7.08. The Morgan fingerprint density at radius 2 is 1.95 bits per heavy atom. The standard InChI is InChI=1S/C15H16INO2/c1-19-14-7-5-11(6-8-14)15(18)10-17-13-4-2-3-12(16)9-13/h2-9,15,17-18H,10H2,1H3. The first kappa shape index (κ1) is 14.1. The first-order chi connectivity index (χ1) is 9.19. The molecule has 0 amide bonds. The largest absolute Gasteiger partial charge is 0.497 e. The van der Waals surface area contributed by atoms with E-state index in [1.165, 1.54) is 3.57 Å². The fraction of sp³-hybridized carbons (Fsp3) is 0.200. The number of rotatable bonds is 5. The Labute approximate surface area is 126 Å². The molecule has 0 saturated carbocycles. The van der Waals surface area contributed by atoms with Gasteiger partial charge in [-0.25, -0.2) is 0 Å². The number of hydrogen-bond acceptors (Lipinski definition) is 3. The first-order valence-electron chi connectivity index (χ1n) is 6.00. The quantitative estimate of drug-likeness (QED) is 0.794. The third-order valence-electron chi connectivity index (χ3n) is 2.82. The summed E-state index contributed by atoms with van der Waals surface area (Å²) in [7, 11) is 1.63. The third-order valence-corrected chi connectivity index (χ3v) is 3.50. The zero-order valence-electron chi connectivity index (χ0n) is 10.6. The second-order valence-electron chi connectivity index (χ2n) is 4.18. The van der Waals surface area contributed by atoms with Gasteiger partial charge in [0.1, 0.15) is 5.75 Å². The molecule has 2 rings (SSSR count). The van der Waals surface area contributed by atoms with Gasteiger partial charge in [0, 0.05) is 15.8 Å². The van der Waals surface area contributed by atoms with Gasteiger partial charge < -0.3 is 15.2 Å². The normalized spacial score (nSPS) is 11.9. The highest BCUT2D eigenvalue weighted by Gasteiger charge is 2.07. The fourth-order valence-electron chi connectivity index (χ4n) is 1.76. The zero-order valence-corrected chi connectivity index (χ0v) is 12.8. The maximum absolute atomic E-state index is 10.1. The number of aliphatic hydroxyl groups excluding tert-OH is 1. The summed E-state index contributed by atoms with van der Waals surface area (Å²) in [6.07, 6.45) is -0.538. The lowest BCUT2D eigenvalue weighted by molar-refractivity contribution is 0.191. The van der Waals surface area contributed by atoms with Crippen LogP contribution in [0.3, 0.4) is 0 Å². The number of methoxy groups -OCH3 is 1. The number of anilines is 1. The SMILES string of the molecule is COc1ccc(C(O)CNc2cccc(I)c2)cc1. The molecule has 2 N–H and O–H groups in total. The van der Waals surface area contributed by atoms with Crippen molar-refractivity contribution in [1.29, 1.82) is 0 Å². The van der Waals surface area contributed by atoms with E-state index in [4.69, 9.17) is 4.74 Å². The predicted molar refractivity (Wildman–Crippen MR) is 85.6 cm³/mol. The molecule has 4 heteroatoms. The number of halogens is 1. The van der Waals surface area contributed by atoms with Gasteiger partial charge in [0.2, 0.25) is 0 Å². The minimum Gasteiger partial charge on any atom is -0.497 e. The lowest BCUT2D eigenvalue weighted by Gasteiger charge is -2.13. The van der Waals surface area contributed by atoms with Crippen molar-refractivity contribution in [3.05, 3.63) is 57.7 Å². The molecule has 0 radical (unpaired) electrons. The van der Waals surface area contributed by atoms with Crippen molar-refractivity contribution >= 4 is 28.3 Å². The van der Waals surface area contributed by atoms with Crippen LogP contribution in [0, 0.1) is 3.57 Å². The molecule has 0 spiro atoms. The molecule has 2 aromatic carbocycles. The number of ether oxygens (including phenoxy) is 1. The molecular weight excluding hydrogens is 353 g/mol. The summed E-state index contributed by atoms with van der Waals surface area (Å²) < 4.78 is 6.26. The van der Waals surface area contributed by atoms with Crippen LogP contribution in [-0.4, -0.2) is 18.8 Å². The second kappa shape index (κ2) is 6.77. The van der Waals surface area contributed by atoms with E-state index in [1.807, 2.05) is 48.5 Å². The second-order valence-corrected chi connectivity index (χ2v) is 5.43. The average Bonchev–Trinajstić information content (AvgIpc) is 2.45. The van der Waals surface area contributed by atoms with Crippen molar-refractivity contribution in [2.45, 2.75) is 6.10 Å². The third kappa shape index (κ3) is 4.11. The van der Waals surface area contributed by atoms with E-state index < -0.39 is 6.10 Å². The topological polar surface area (TPSA) is 41.5 Å². The van der Waals surface area contributed by atoms with Gasteiger partial charge in [0.05, 0.1) is 13.2 Å². The molecule has 0 aliphatic rings. The van der Waals surface area contributed by atoms with Crippen molar-refractivity contribution in [2.75, 3.05) is 19.0 Å². The lowest BCUT2D eigenvalue weighted by atomic mass is 10.1. The van der Waals surface area contributed by atoms with Gasteiger partial charge in [-0.05, 0) is 58.5 Å². The van der Waals surface area contributed by atoms with E-state index in [-0.39, 0.29) is 0 Å². The van der Waals surface area contributed by atoms with Gasteiger partial charge in [0.15, 0.2) is 0 Å². The van der Waals surface area contributed by atoms with E-state index in [0.29, 0.717) is 6.54 Å². The van der Waals surface area contributed by atoms with Crippen molar-refractivity contribution in [2.24, 2.45) is 0 Å². The molecule has 1 atom stereocenters. The molecule has 0 heterocycles. The van der Waals surface area contributed by atoms with E-state index in [2.05, 4.69) is 27.9 Å². The van der Waals surface area contributed by atoms with Gasteiger partial charge >= 0.3 is 0 Å². The molecule has 3 nitrogen and oxygen atoms in total. The maximum atomic E-state index is 10.1. The van der Waals surface area contributed by atoms with Crippen LogP contribution in [-0.2, 0) is 0 Å². The molecule has 0 bridgehead atoms. The molecular formula is C15H16INO2. The summed E-state index contributed by atoms with van der Waals surface area (Å²) in [5.41, 5.74) is 1.89. The van der Waals surface area contributed by atoms with Crippen molar-refractivity contribution in [1.82, 2.24) is 0 Å². The molecule has 0 aliphatic heterocycles. The number of aliphatic hydroxyl groups is 1. The van der Waals surface area contributed by atoms with Crippen LogP contribution in [0.1, 0.15) is 11.7 Å². The van der Waals surface area contributed by atoms with E-state index >= 15 is 0 Å². The van der Waals surface area contributed by atoms with Crippen LogP contribution in [0.4, 0.5) is 5.69 Å². The minimum absolute atomic E-state index is 0.479. The summed E-state index contributed by atoms with van der Waals surface area (Å²) in [4.78, 5) is 0. The summed E-state index contributed by atoms with van der Waals surface area (Å²) in [6.45, 7) is 0.479. The summed E-state index contributed by atoms with van der Waals surface area (Å²) in [5.74, 6) is 0.793. The van der Waals surface area contributed by atoms with Crippen LogP contribution in [0.15, 0.2) is 48.5 Å². The highest BCUT2D eigenvalue weighted by molar-refractivity contribution is 14.1. The molecule has 100 valence electrons. The van der Waals surface area contributed by atoms with Crippen molar-refractivity contribution < 1.29 is 9.84 Å². The predicted octanol–water partition coefficient (Wildman–Crippen LogP) is 3.45. The molecule has 0 saturated heterocycles. The lowest BCUT2D eigenvalue weighted by Crippen LogP contribution is -2.12. The molecule has 0 fully saturated rings. The van der Waals surface area contributed by atoms with Gasteiger partial charge in [0.25, 0.3) is 0 Å². The molecule has 0 aromatic heterocycles. The Hall–Kier alpha value is -1.27. The van der Waals surface area contributed by atoms with E-state index in [0.717, 1.165) is 17.0 Å². The van der Waals surface area contributed by atoms with Crippen LogP contribution < -0.4 is 10.1 Å². The summed E-state index contributed by atoms with van der Waals surface area (Å²) in [6, 6.07) is 15.5.